The van der Waals surface area contributed by atoms with E-state index in [-0.39, 0.29) is 25.5 Å². The highest BCUT2D eigenvalue weighted by atomic mass is 79.9. The summed E-state index contributed by atoms with van der Waals surface area (Å²) < 4.78 is 5.99. The molecule has 1 N–H and O–H groups in total. The molecule has 1 amide bonds. The van der Waals surface area contributed by atoms with Gasteiger partial charge in [0.25, 0.3) is 5.91 Å². The van der Waals surface area contributed by atoms with E-state index in [1.165, 1.54) is 0 Å². The first kappa shape index (κ1) is 17.4. The fourth-order valence-corrected chi connectivity index (χ4v) is 2.09. The molecule has 120 valence electrons. The summed E-state index contributed by atoms with van der Waals surface area (Å²) >= 11 is 8.97. The molecule has 0 atom stereocenters. The van der Waals surface area contributed by atoms with Crippen molar-refractivity contribution in [2.75, 3.05) is 6.54 Å². The summed E-state index contributed by atoms with van der Waals surface area (Å²) in [6.45, 7) is 0.344. The summed E-state index contributed by atoms with van der Waals surface area (Å²) in [7, 11) is 0. The molecule has 0 aliphatic heterocycles. The summed E-state index contributed by atoms with van der Waals surface area (Å²) in [5.41, 5.74) is 1.29. The lowest BCUT2D eigenvalue weighted by Gasteiger charge is -2.06. The first-order chi connectivity index (χ1) is 11.0. The molecule has 0 aliphatic carbocycles. The van der Waals surface area contributed by atoms with Crippen LogP contribution in [0, 0.1) is 0 Å². The summed E-state index contributed by atoms with van der Waals surface area (Å²) in [6, 6.07) is 10.3. The number of rotatable bonds is 6. The second-order valence-electron chi connectivity index (χ2n) is 4.66. The molecule has 0 aliphatic rings. The number of ether oxygens (including phenoxy) is 1. The topological polar surface area (TPSA) is 68.3 Å². The lowest BCUT2D eigenvalue weighted by molar-refractivity contribution is -0.144. The Bertz CT molecular complexity index is 675. The fourth-order valence-electron chi connectivity index (χ4n) is 1.71. The Morgan fingerprint density at radius 1 is 1.17 bits per heavy atom. The van der Waals surface area contributed by atoms with Gasteiger partial charge in [-0.15, -0.1) is 0 Å². The van der Waals surface area contributed by atoms with Crippen LogP contribution < -0.4 is 5.32 Å². The quantitative estimate of drug-likeness (QED) is 0.599. The van der Waals surface area contributed by atoms with Gasteiger partial charge in [0, 0.05) is 28.3 Å². The molecule has 1 heterocycles. The number of carbonyl (C=O) groups is 2. The van der Waals surface area contributed by atoms with E-state index >= 15 is 0 Å². The predicted octanol–water partition coefficient (Wildman–Crippen LogP) is 3.36. The molecular formula is C16H14BrClN2O3. The van der Waals surface area contributed by atoms with Gasteiger partial charge in [-0.1, -0.05) is 33.6 Å². The number of carbonyl (C=O) groups excluding carboxylic acids is 2. The maximum atomic E-state index is 11.8. The van der Waals surface area contributed by atoms with Gasteiger partial charge in [-0.3, -0.25) is 9.59 Å². The molecule has 0 radical (unpaired) electrons. The first-order valence-electron chi connectivity index (χ1n) is 6.84. The van der Waals surface area contributed by atoms with Crippen LogP contribution in [0.2, 0.25) is 5.15 Å². The van der Waals surface area contributed by atoms with E-state index in [0.29, 0.717) is 10.7 Å². The minimum atomic E-state index is -0.393. The number of esters is 1. The molecule has 1 aromatic heterocycles. The highest BCUT2D eigenvalue weighted by Gasteiger charge is 2.07. The smallest absolute Gasteiger partial charge is 0.307 e. The Labute approximate surface area is 147 Å². The Morgan fingerprint density at radius 2 is 1.91 bits per heavy atom. The molecule has 0 fully saturated rings. The van der Waals surface area contributed by atoms with Crippen molar-refractivity contribution in [1.82, 2.24) is 10.3 Å². The Balaban J connectivity index is 1.69. The van der Waals surface area contributed by atoms with Crippen molar-refractivity contribution < 1.29 is 14.3 Å². The Hall–Kier alpha value is -1.92. The summed E-state index contributed by atoms with van der Waals surface area (Å²) in [5.74, 6) is -0.622. The fraction of sp³-hybridized carbons (Fsp3) is 0.188. The van der Waals surface area contributed by atoms with Crippen LogP contribution >= 0.6 is 27.5 Å². The van der Waals surface area contributed by atoms with Crippen molar-refractivity contribution in [1.29, 1.82) is 0 Å². The minimum Gasteiger partial charge on any atom is -0.461 e. The predicted molar refractivity (Wildman–Crippen MR) is 90.1 cm³/mol. The van der Waals surface area contributed by atoms with Crippen molar-refractivity contribution in [3.63, 3.8) is 0 Å². The van der Waals surface area contributed by atoms with Crippen molar-refractivity contribution in [3.05, 3.63) is 63.3 Å². The van der Waals surface area contributed by atoms with Crippen molar-refractivity contribution in [2.24, 2.45) is 0 Å². The van der Waals surface area contributed by atoms with Crippen LogP contribution in [0.15, 0.2) is 47.1 Å². The number of nitrogens with one attached hydrogen (secondary N) is 1. The van der Waals surface area contributed by atoms with Gasteiger partial charge >= 0.3 is 5.97 Å². The van der Waals surface area contributed by atoms with Crippen LogP contribution in [0.1, 0.15) is 22.3 Å². The van der Waals surface area contributed by atoms with E-state index in [9.17, 15) is 9.59 Å². The third kappa shape index (κ3) is 6.00. The van der Waals surface area contributed by atoms with Gasteiger partial charge in [0.2, 0.25) is 0 Å². The molecule has 7 heteroatoms. The molecule has 0 saturated heterocycles. The number of amides is 1. The van der Waals surface area contributed by atoms with Crippen molar-refractivity contribution in [3.8, 4) is 0 Å². The molecule has 0 unspecified atom stereocenters. The van der Waals surface area contributed by atoms with Gasteiger partial charge in [-0.25, -0.2) is 4.98 Å². The zero-order valence-electron chi connectivity index (χ0n) is 12.1. The number of aromatic nitrogens is 1. The summed E-state index contributed by atoms with van der Waals surface area (Å²) in [4.78, 5) is 27.4. The standard InChI is InChI=1S/C16H14BrClN2O3/c17-13-4-2-12(3-5-13)16(22)19-8-7-15(21)23-10-11-1-6-14(18)20-9-11/h1-6,9H,7-8,10H2,(H,19,22). The van der Waals surface area contributed by atoms with E-state index in [1.807, 2.05) is 0 Å². The lowest BCUT2D eigenvalue weighted by atomic mass is 10.2. The van der Waals surface area contributed by atoms with E-state index in [0.717, 1.165) is 10.0 Å². The molecule has 0 spiro atoms. The highest BCUT2D eigenvalue weighted by molar-refractivity contribution is 9.10. The summed E-state index contributed by atoms with van der Waals surface area (Å²) in [6.07, 6.45) is 1.65. The number of benzene rings is 1. The second kappa shape index (κ2) is 8.64. The SMILES string of the molecule is O=C(CCNC(=O)c1ccc(Br)cc1)OCc1ccc(Cl)nc1. The Morgan fingerprint density at radius 3 is 2.57 bits per heavy atom. The van der Waals surface area contributed by atoms with E-state index in [4.69, 9.17) is 16.3 Å². The zero-order chi connectivity index (χ0) is 16.7. The molecule has 2 rings (SSSR count). The molecule has 0 bridgehead atoms. The average Bonchev–Trinajstić information content (AvgIpc) is 2.55. The molecule has 23 heavy (non-hydrogen) atoms. The molecule has 2 aromatic rings. The number of halogens is 2. The number of nitrogens with zero attached hydrogens (tertiary/aromatic N) is 1. The largest absolute Gasteiger partial charge is 0.461 e. The van der Waals surface area contributed by atoms with E-state index in [1.54, 1.807) is 42.6 Å². The van der Waals surface area contributed by atoms with Gasteiger partial charge in [-0.05, 0) is 30.3 Å². The number of pyridine rings is 1. The molecular weight excluding hydrogens is 384 g/mol. The van der Waals surface area contributed by atoms with Crippen LogP contribution in [0.25, 0.3) is 0 Å². The lowest BCUT2D eigenvalue weighted by Crippen LogP contribution is -2.26. The average molecular weight is 398 g/mol. The van der Waals surface area contributed by atoms with Crippen molar-refractivity contribution >= 4 is 39.4 Å². The van der Waals surface area contributed by atoms with Gasteiger partial charge in [-0.2, -0.15) is 0 Å². The number of hydrogen-bond acceptors (Lipinski definition) is 4. The van der Waals surface area contributed by atoms with Crippen LogP contribution in [0.5, 0.6) is 0 Å². The highest BCUT2D eigenvalue weighted by Crippen LogP contribution is 2.10. The van der Waals surface area contributed by atoms with Gasteiger partial charge < -0.3 is 10.1 Å². The van der Waals surface area contributed by atoms with E-state index < -0.39 is 5.97 Å². The van der Waals surface area contributed by atoms with Crippen molar-refractivity contribution in [2.45, 2.75) is 13.0 Å². The van der Waals surface area contributed by atoms with Gasteiger partial charge in [0.1, 0.15) is 11.8 Å². The van der Waals surface area contributed by atoms with Crippen LogP contribution in [-0.4, -0.2) is 23.4 Å². The van der Waals surface area contributed by atoms with Crippen LogP contribution in [0.4, 0.5) is 0 Å². The Kier molecular flexibility index (Phi) is 6.55. The minimum absolute atomic E-state index is 0.100. The monoisotopic (exact) mass is 396 g/mol. The normalized spacial score (nSPS) is 10.2. The van der Waals surface area contributed by atoms with Crippen LogP contribution in [-0.2, 0) is 16.1 Å². The van der Waals surface area contributed by atoms with E-state index in [2.05, 4.69) is 26.2 Å². The second-order valence-corrected chi connectivity index (χ2v) is 5.97. The third-order valence-corrected chi connectivity index (χ3v) is 3.66. The maximum Gasteiger partial charge on any atom is 0.307 e. The number of hydrogen-bond donors (Lipinski definition) is 1. The molecule has 5 nitrogen and oxygen atoms in total. The van der Waals surface area contributed by atoms with Gasteiger partial charge in [0.05, 0.1) is 6.42 Å². The summed E-state index contributed by atoms with van der Waals surface area (Å²) in [5, 5.41) is 3.06. The van der Waals surface area contributed by atoms with Gasteiger partial charge in [0.15, 0.2) is 0 Å². The third-order valence-electron chi connectivity index (χ3n) is 2.91. The zero-order valence-corrected chi connectivity index (χ0v) is 14.4. The molecule has 0 saturated carbocycles. The maximum absolute atomic E-state index is 11.8. The van der Waals surface area contributed by atoms with Crippen LogP contribution in [0.3, 0.4) is 0 Å². The molecule has 1 aromatic carbocycles. The first-order valence-corrected chi connectivity index (χ1v) is 8.01.